The summed E-state index contributed by atoms with van der Waals surface area (Å²) in [7, 11) is 0. The second kappa shape index (κ2) is 7.20. The number of rotatable bonds is 7. The summed E-state index contributed by atoms with van der Waals surface area (Å²) in [5.74, 6) is -1.15. The third kappa shape index (κ3) is 3.93. The molecule has 0 spiro atoms. The predicted octanol–water partition coefficient (Wildman–Crippen LogP) is 0.941. The van der Waals surface area contributed by atoms with Gasteiger partial charge in [0.2, 0.25) is 0 Å². The van der Waals surface area contributed by atoms with Crippen molar-refractivity contribution in [1.29, 1.82) is 0 Å². The zero-order valence-electron chi connectivity index (χ0n) is 12.6. The van der Waals surface area contributed by atoms with E-state index in [1.165, 1.54) is 17.1 Å². The molecule has 0 saturated carbocycles. The Morgan fingerprint density at radius 1 is 1.18 bits per heavy atom. The minimum atomic E-state index is -0.419. The van der Waals surface area contributed by atoms with Crippen LogP contribution in [0.15, 0.2) is 12.2 Å². The van der Waals surface area contributed by atoms with Gasteiger partial charge in [-0.15, -0.1) is 0 Å². The lowest BCUT2D eigenvalue weighted by Crippen LogP contribution is -2.33. The molecule has 3 amide bonds. The Morgan fingerprint density at radius 2 is 1.86 bits per heavy atom. The Bertz CT molecular complexity index is 496. The van der Waals surface area contributed by atoms with Crippen LogP contribution in [-0.4, -0.2) is 46.2 Å². The number of carbonyl (C=O) groups excluding carboxylic acids is 4. The van der Waals surface area contributed by atoms with Gasteiger partial charge in [0.25, 0.3) is 17.7 Å². The normalized spacial score (nSPS) is 21.1. The molecular weight excluding hydrogens is 288 g/mol. The van der Waals surface area contributed by atoms with Crippen LogP contribution in [0, 0.1) is 0 Å². The van der Waals surface area contributed by atoms with E-state index >= 15 is 0 Å². The topological polar surface area (TPSA) is 84.0 Å². The summed E-state index contributed by atoms with van der Waals surface area (Å²) < 4.78 is 0. The Balaban J connectivity index is 1.59. The molecule has 1 fully saturated rings. The van der Waals surface area contributed by atoms with Crippen molar-refractivity contribution in [3.63, 3.8) is 0 Å². The molecule has 2 aliphatic heterocycles. The quantitative estimate of drug-likeness (QED) is 0.516. The summed E-state index contributed by atoms with van der Waals surface area (Å²) in [6.45, 7) is 2.21. The highest BCUT2D eigenvalue weighted by molar-refractivity contribution is 6.12. The summed E-state index contributed by atoms with van der Waals surface area (Å²) in [4.78, 5) is 52.0. The molecule has 0 aliphatic carbocycles. The molecule has 0 N–H and O–H groups in total. The van der Waals surface area contributed by atoms with Crippen LogP contribution in [0.2, 0.25) is 0 Å². The Labute approximate surface area is 128 Å². The molecule has 2 rings (SSSR count). The minimum Gasteiger partial charge on any atom is -0.338 e. The standard InChI is InChI=1S/C15H20N2O5/c1-11-6-7-14(20)17(11)22-15(21)5-3-2-4-10-16-12(18)8-9-13(16)19/h8-9,11H,2-7,10H2,1H3. The SMILES string of the molecule is CC1CCC(=O)N1OC(=O)CCCCCN1C(=O)C=CC1=O. The molecule has 0 aromatic rings. The summed E-state index contributed by atoms with van der Waals surface area (Å²) in [6.07, 6.45) is 5.80. The van der Waals surface area contributed by atoms with Crippen molar-refractivity contribution in [2.45, 2.75) is 51.5 Å². The maximum Gasteiger partial charge on any atom is 0.332 e. The number of imide groups is 1. The van der Waals surface area contributed by atoms with Crippen molar-refractivity contribution in [3.05, 3.63) is 12.2 Å². The van der Waals surface area contributed by atoms with Crippen LogP contribution in [0.1, 0.15) is 45.4 Å². The van der Waals surface area contributed by atoms with E-state index in [1.807, 2.05) is 6.92 Å². The Morgan fingerprint density at radius 3 is 2.45 bits per heavy atom. The van der Waals surface area contributed by atoms with Gasteiger partial charge in [0.05, 0.1) is 6.04 Å². The van der Waals surface area contributed by atoms with Crippen LogP contribution in [0.3, 0.4) is 0 Å². The van der Waals surface area contributed by atoms with Gasteiger partial charge < -0.3 is 4.84 Å². The molecule has 7 heteroatoms. The van der Waals surface area contributed by atoms with E-state index in [9.17, 15) is 19.2 Å². The van der Waals surface area contributed by atoms with Crippen LogP contribution < -0.4 is 0 Å². The van der Waals surface area contributed by atoms with Crippen LogP contribution in [-0.2, 0) is 24.0 Å². The van der Waals surface area contributed by atoms with E-state index in [4.69, 9.17) is 4.84 Å². The summed E-state index contributed by atoms with van der Waals surface area (Å²) >= 11 is 0. The van der Waals surface area contributed by atoms with E-state index in [1.54, 1.807) is 0 Å². The van der Waals surface area contributed by atoms with E-state index in [0.29, 0.717) is 38.6 Å². The summed E-state index contributed by atoms with van der Waals surface area (Å²) in [6, 6.07) is -0.0591. The zero-order chi connectivity index (χ0) is 16.1. The first kappa shape index (κ1) is 16.2. The van der Waals surface area contributed by atoms with Gasteiger partial charge in [-0.2, -0.15) is 5.06 Å². The van der Waals surface area contributed by atoms with E-state index in [-0.39, 0.29) is 30.2 Å². The molecule has 7 nitrogen and oxygen atoms in total. The predicted molar refractivity (Wildman–Crippen MR) is 76.0 cm³/mol. The Hall–Kier alpha value is -2.18. The molecule has 22 heavy (non-hydrogen) atoms. The highest BCUT2D eigenvalue weighted by Crippen LogP contribution is 2.19. The molecule has 1 unspecified atom stereocenters. The fraction of sp³-hybridized carbons (Fsp3) is 0.600. The third-order valence-corrected chi connectivity index (χ3v) is 3.79. The van der Waals surface area contributed by atoms with Crippen molar-refractivity contribution in [2.24, 2.45) is 0 Å². The van der Waals surface area contributed by atoms with Gasteiger partial charge in [-0.1, -0.05) is 6.42 Å². The highest BCUT2D eigenvalue weighted by Gasteiger charge is 2.31. The van der Waals surface area contributed by atoms with Crippen molar-refractivity contribution in [2.75, 3.05) is 6.54 Å². The van der Waals surface area contributed by atoms with E-state index in [2.05, 4.69) is 0 Å². The van der Waals surface area contributed by atoms with Gasteiger partial charge in [-0.3, -0.25) is 19.3 Å². The maximum atomic E-state index is 11.7. The van der Waals surface area contributed by atoms with E-state index in [0.717, 1.165) is 5.06 Å². The van der Waals surface area contributed by atoms with Crippen molar-refractivity contribution in [1.82, 2.24) is 9.96 Å². The molecular formula is C15H20N2O5. The number of hydroxylamine groups is 2. The minimum absolute atomic E-state index is 0.0591. The van der Waals surface area contributed by atoms with Crippen LogP contribution >= 0.6 is 0 Å². The lowest BCUT2D eigenvalue weighted by atomic mass is 10.2. The zero-order valence-corrected chi connectivity index (χ0v) is 12.6. The fourth-order valence-electron chi connectivity index (χ4n) is 2.47. The molecule has 1 saturated heterocycles. The lowest BCUT2D eigenvalue weighted by molar-refractivity contribution is -0.199. The molecule has 2 aliphatic rings. The number of carbonyl (C=O) groups is 4. The number of unbranched alkanes of at least 4 members (excludes halogenated alkanes) is 2. The van der Waals surface area contributed by atoms with Crippen LogP contribution in [0.5, 0.6) is 0 Å². The average Bonchev–Trinajstić information content (AvgIpc) is 2.96. The first-order chi connectivity index (χ1) is 10.5. The van der Waals surface area contributed by atoms with Gasteiger partial charge in [0.15, 0.2) is 0 Å². The van der Waals surface area contributed by atoms with Crippen molar-refractivity contribution >= 4 is 23.7 Å². The van der Waals surface area contributed by atoms with Gasteiger partial charge in [-0.25, -0.2) is 4.79 Å². The molecule has 120 valence electrons. The van der Waals surface area contributed by atoms with Gasteiger partial charge in [-0.05, 0) is 26.2 Å². The molecule has 0 bridgehead atoms. The van der Waals surface area contributed by atoms with Gasteiger partial charge >= 0.3 is 5.97 Å². The average molecular weight is 308 g/mol. The maximum absolute atomic E-state index is 11.7. The van der Waals surface area contributed by atoms with E-state index < -0.39 is 5.97 Å². The smallest absolute Gasteiger partial charge is 0.332 e. The molecule has 1 atom stereocenters. The number of hydrogen-bond acceptors (Lipinski definition) is 5. The molecule has 0 aromatic carbocycles. The van der Waals surface area contributed by atoms with Crippen molar-refractivity contribution in [3.8, 4) is 0 Å². The first-order valence-corrected chi connectivity index (χ1v) is 7.55. The monoisotopic (exact) mass is 308 g/mol. The summed E-state index contributed by atoms with van der Waals surface area (Å²) in [5.41, 5.74) is 0. The third-order valence-electron chi connectivity index (χ3n) is 3.79. The molecule has 0 radical (unpaired) electrons. The summed E-state index contributed by atoms with van der Waals surface area (Å²) in [5, 5.41) is 1.16. The Kier molecular flexibility index (Phi) is 5.30. The van der Waals surface area contributed by atoms with Gasteiger partial charge in [0, 0.05) is 31.5 Å². The lowest BCUT2D eigenvalue weighted by Gasteiger charge is -2.19. The molecule has 2 heterocycles. The second-order valence-corrected chi connectivity index (χ2v) is 5.54. The van der Waals surface area contributed by atoms with Crippen LogP contribution in [0.4, 0.5) is 0 Å². The highest BCUT2D eigenvalue weighted by atomic mass is 16.7. The molecule has 0 aromatic heterocycles. The van der Waals surface area contributed by atoms with Crippen LogP contribution in [0.25, 0.3) is 0 Å². The first-order valence-electron chi connectivity index (χ1n) is 7.55. The largest absolute Gasteiger partial charge is 0.338 e. The van der Waals surface area contributed by atoms with Crippen molar-refractivity contribution < 1.29 is 24.0 Å². The number of nitrogens with zero attached hydrogens (tertiary/aromatic N) is 2. The number of amides is 3. The van der Waals surface area contributed by atoms with Gasteiger partial charge in [0.1, 0.15) is 0 Å². The number of hydrogen-bond donors (Lipinski definition) is 0. The fourth-order valence-corrected chi connectivity index (χ4v) is 2.47. The second-order valence-electron chi connectivity index (χ2n) is 5.54.